The molecule has 3 atom stereocenters. The van der Waals surface area contributed by atoms with Gasteiger partial charge in [-0.2, -0.15) is 0 Å². The number of nitrogens with one attached hydrogen (secondary N) is 1. The molecule has 0 aromatic carbocycles. The van der Waals surface area contributed by atoms with Crippen LogP contribution in [0.2, 0.25) is 0 Å². The van der Waals surface area contributed by atoms with Gasteiger partial charge in [0.15, 0.2) is 10.9 Å². The Kier molecular flexibility index (Phi) is 7.04. The molecule has 32 heavy (non-hydrogen) atoms. The number of hydrogen-bond acceptors (Lipinski definition) is 9. The van der Waals surface area contributed by atoms with Crippen LogP contribution in [-0.4, -0.2) is 88.1 Å². The number of aryl methyl sites for hydroxylation is 1. The number of halogens is 3. The maximum atomic E-state index is 12.9. The summed E-state index contributed by atoms with van der Waals surface area (Å²) in [6, 6.07) is 0. The molecular weight excluding hydrogens is 499 g/mol. The molecule has 2 aliphatic heterocycles. The molecule has 11 nitrogen and oxygen atoms in total. The minimum atomic E-state index is -5.10. The molecule has 0 aliphatic carbocycles. The van der Waals surface area contributed by atoms with Crippen molar-refractivity contribution < 1.29 is 42.0 Å². The summed E-state index contributed by atoms with van der Waals surface area (Å²) in [5.74, 6) is -4.74. The molecule has 1 unspecified atom stereocenters. The van der Waals surface area contributed by atoms with Gasteiger partial charge in [-0.1, -0.05) is 11.8 Å². The van der Waals surface area contributed by atoms with Gasteiger partial charge < -0.3 is 24.3 Å². The number of alkyl halides is 3. The molecule has 3 rings (SSSR count). The molecule has 2 N–H and O–H groups in total. The Morgan fingerprint density at radius 2 is 2.22 bits per heavy atom. The maximum absolute atomic E-state index is 12.9. The van der Waals surface area contributed by atoms with Gasteiger partial charge >= 0.3 is 11.5 Å². The minimum Gasteiger partial charge on any atom is -0.609 e. The molecule has 2 amide bonds. The second kappa shape index (κ2) is 9.12. The molecule has 1 aromatic heterocycles. The summed E-state index contributed by atoms with van der Waals surface area (Å²) in [4.78, 5) is 37.7. The summed E-state index contributed by atoms with van der Waals surface area (Å²) >= 11 is -1.17. The zero-order chi connectivity index (χ0) is 23.8. The van der Waals surface area contributed by atoms with E-state index in [2.05, 4.69) is 15.5 Å². The number of thioether (sulfide) groups is 2. The highest BCUT2D eigenvalue weighted by atomic mass is 32.2. The largest absolute Gasteiger partial charge is 0.609 e. The van der Waals surface area contributed by atoms with Crippen LogP contribution in [0.1, 0.15) is 0 Å². The van der Waals surface area contributed by atoms with Crippen molar-refractivity contribution in [1.82, 2.24) is 25.0 Å². The molecule has 17 heteroatoms. The van der Waals surface area contributed by atoms with E-state index in [1.54, 1.807) is 11.6 Å². The second-order valence-electron chi connectivity index (χ2n) is 6.53. The van der Waals surface area contributed by atoms with Crippen molar-refractivity contribution in [1.29, 1.82) is 0 Å². The number of ether oxygens (including phenoxy) is 1. The Labute approximate surface area is 190 Å². The first-order valence-electron chi connectivity index (χ1n) is 8.61. The third-order valence-electron chi connectivity index (χ3n) is 4.53. The number of hydrogen-bond donors (Lipinski definition) is 2. The number of rotatable bonds is 8. The summed E-state index contributed by atoms with van der Waals surface area (Å²) < 4.78 is 55.4. The molecule has 176 valence electrons. The highest BCUT2D eigenvalue weighted by Crippen LogP contribution is 2.47. The van der Waals surface area contributed by atoms with Crippen LogP contribution in [0.3, 0.4) is 0 Å². The number of methoxy groups -OCH3 is 1. The lowest BCUT2D eigenvalue weighted by Crippen LogP contribution is -2.81. The van der Waals surface area contributed by atoms with E-state index >= 15 is 0 Å². The Hall–Kier alpha value is -1.95. The van der Waals surface area contributed by atoms with Crippen molar-refractivity contribution >= 4 is 52.5 Å². The summed E-state index contributed by atoms with van der Waals surface area (Å²) in [6.45, 7) is 0. The van der Waals surface area contributed by atoms with Gasteiger partial charge in [0.25, 0.3) is 17.5 Å². The molecule has 0 saturated carbocycles. The molecule has 0 bridgehead atoms. The number of aliphatic carboxylic acids is 1. The Bertz CT molecular complexity index is 973. The molecular formula is C15H16F3N5O6S3. The van der Waals surface area contributed by atoms with E-state index in [-0.39, 0.29) is 17.2 Å². The van der Waals surface area contributed by atoms with Gasteiger partial charge in [-0.05, 0) is 5.57 Å². The third kappa shape index (κ3) is 4.43. The summed E-state index contributed by atoms with van der Waals surface area (Å²) in [5, 5.41) is 18.9. The number of amides is 2. The smallest absolute Gasteiger partial charge is 0.573 e. The molecule has 2 aliphatic rings. The van der Waals surface area contributed by atoms with E-state index in [0.29, 0.717) is 10.7 Å². The SMILES string of the molecule is CO[C@@]1(NC(=O)C[S+]([O-])C(F)(F)F)C(=O)N2C(C(=O)O)=C(CSc3nncn3C)CS[C@H]21. The van der Waals surface area contributed by atoms with E-state index in [0.717, 1.165) is 23.8 Å². The number of aromatic nitrogens is 3. The second-order valence-corrected chi connectivity index (χ2v) is 9.99. The first-order valence-corrected chi connectivity index (χ1v) is 12.0. The van der Waals surface area contributed by atoms with E-state index in [4.69, 9.17) is 4.74 Å². The van der Waals surface area contributed by atoms with Crippen LogP contribution < -0.4 is 5.32 Å². The number of carbonyl (C=O) groups excluding carboxylic acids is 2. The van der Waals surface area contributed by atoms with E-state index in [1.165, 1.54) is 18.1 Å². The normalized spacial score (nSPS) is 24.1. The van der Waals surface area contributed by atoms with Crippen LogP contribution in [0.15, 0.2) is 22.8 Å². The van der Waals surface area contributed by atoms with Gasteiger partial charge in [0.1, 0.15) is 17.4 Å². The van der Waals surface area contributed by atoms with Crippen molar-refractivity contribution in [3.8, 4) is 0 Å². The molecule has 0 spiro atoms. The van der Waals surface area contributed by atoms with Crippen LogP contribution in [-0.2, 0) is 37.3 Å². The fourth-order valence-electron chi connectivity index (χ4n) is 3.05. The first kappa shape index (κ1) is 24.7. The van der Waals surface area contributed by atoms with Crippen molar-refractivity contribution in [3.05, 3.63) is 17.6 Å². The Balaban J connectivity index is 1.79. The number of β-lactam (4-membered cyclic amide) rings is 1. The fourth-order valence-corrected chi connectivity index (χ4v) is 5.99. The first-order chi connectivity index (χ1) is 14.9. The maximum Gasteiger partial charge on any atom is 0.573 e. The number of carboxylic acids is 1. The van der Waals surface area contributed by atoms with Crippen LogP contribution in [0, 0.1) is 0 Å². The van der Waals surface area contributed by atoms with E-state index in [9.17, 15) is 37.2 Å². The summed E-state index contributed by atoms with van der Waals surface area (Å²) in [6.07, 6.45) is 1.47. The molecule has 1 fully saturated rings. The third-order valence-corrected chi connectivity index (χ3v) is 8.06. The minimum absolute atomic E-state index is 0.149. The van der Waals surface area contributed by atoms with E-state index in [1.807, 2.05) is 0 Å². The molecule has 0 radical (unpaired) electrons. The van der Waals surface area contributed by atoms with Gasteiger partial charge in [-0.15, -0.1) is 35.1 Å². The van der Waals surface area contributed by atoms with Crippen LogP contribution in [0.25, 0.3) is 0 Å². The highest BCUT2D eigenvalue weighted by Gasteiger charge is 2.67. The quantitative estimate of drug-likeness (QED) is 0.208. The van der Waals surface area contributed by atoms with Crippen molar-refractivity contribution in [3.63, 3.8) is 0 Å². The number of fused-ring (bicyclic) bond motifs is 1. The number of carboxylic acid groups (broad SMARTS) is 1. The average molecular weight is 516 g/mol. The number of carbonyl (C=O) groups is 3. The molecule has 1 aromatic rings. The number of nitrogens with zero attached hydrogens (tertiary/aromatic N) is 4. The fraction of sp³-hybridized carbons (Fsp3) is 0.533. The van der Waals surface area contributed by atoms with E-state index < -0.39 is 51.3 Å². The zero-order valence-corrected chi connectivity index (χ0v) is 18.9. The lowest BCUT2D eigenvalue weighted by molar-refractivity contribution is -0.192. The summed E-state index contributed by atoms with van der Waals surface area (Å²) in [7, 11) is 2.77. The van der Waals surface area contributed by atoms with Gasteiger partial charge in [-0.3, -0.25) is 14.5 Å². The van der Waals surface area contributed by atoms with Crippen molar-refractivity contribution in [2.24, 2.45) is 7.05 Å². The van der Waals surface area contributed by atoms with Crippen LogP contribution in [0.4, 0.5) is 13.2 Å². The van der Waals surface area contributed by atoms with Crippen molar-refractivity contribution in [2.45, 2.75) is 21.8 Å². The lowest BCUT2D eigenvalue weighted by atomic mass is 9.98. The predicted octanol–water partition coefficient (Wildman–Crippen LogP) is -0.112. The van der Waals surface area contributed by atoms with Gasteiger partial charge in [0, 0.05) is 25.7 Å². The molecule has 3 heterocycles. The molecule has 1 saturated heterocycles. The lowest BCUT2D eigenvalue weighted by Gasteiger charge is -2.55. The van der Waals surface area contributed by atoms with Crippen LogP contribution >= 0.6 is 23.5 Å². The topological polar surface area (TPSA) is 150 Å². The Morgan fingerprint density at radius 1 is 1.53 bits per heavy atom. The zero-order valence-electron chi connectivity index (χ0n) is 16.4. The van der Waals surface area contributed by atoms with Crippen LogP contribution in [0.5, 0.6) is 0 Å². The van der Waals surface area contributed by atoms with Gasteiger partial charge in [0.05, 0.1) is 11.2 Å². The highest BCUT2D eigenvalue weighted by molar-refractivity contribution is 8.01. The monoisotopic (exact) mass is 515 g/mol. The average Bonchev–Trinajstić information content (AvgIpc) is 3.13. The Morgan fingerprint density at radius 3 is 2.75 bits per heavy atom. The standard InChI is InChI=1S/C15H16F3N5O6S3/c1-22-6-19-21-13(22)31-4-7-3-30-12-14(29-2,11(27)23(12)9(7)10(25)26)20-8(24)5-32(28)15(16,17)18/h6,12H,3-5H2,1-2H3,(H,20,24)(H,25,26)/t12-,14-,32?/m0/s1. The van der Waals surface area contributed by atoms with Gasteiger partial charge in [-0.25, -0.2) is 4.79 Å². The summed E-state index contributed by atoms with van der Waals surface area (Å²) in [5.41, 5.74) is -7.05. The van der Waals surface area contributed by atoms with Crippen molar-refractivity contribution in [2.75, 3.05) is 24.4 Å². The van der Waals surface area contributed by atoms with Gasteiger partial charge in [0.2, 0.25) is 0 Å². The predicted molar refractivity (Wildman–Crippen MR) is 106 cm³/mol.